The number of halogens is 6. The molecule has 0 aliphatic carbocycles. The minimum atomic E-state index is -5.13. The molecule has 2 aromatic carbocycles. The highest BCUT2D eigenvalue weighted by atomic mass is 19.4. The molecule has 1 N–H and O–H groups in total. The number of nitrogens with one attached hydrogen (secondary N) is 1. The van der Waals surface area contributed by atoms with Gasteiger partial charge in [0.25, 0.3) is 5.91 Å². The highest BCUT2D eigenvalue weighted by Crippen LogP contribution is 2.43. The Morgan fingerprint density at radius 2 is 1.73 bits per heavy atom. The summed E-state index contributed by atoms with van der Waals surface area (Å²) in [6.07, 6.45) is -9.40. The van der Waals surface area contributed by atoms with Crippen molar-refractivity contribution in [2.75, 3.05) is 5.32 Å². The molecule has 33 heavy (non-hydrogen) atoms. The van der Waals surface area contributed by atoms with Crippen LogP contribution in [0.1, 0.15) is 21.7 Å². The van der Waals surface area contributed by atoms with Crippen molar-refractivity contribution < 1.29 is 31.1 Å². The highest BCUT2D eigenvalue weighted by molar-refractivity contribution is 6.10. The van der Waals surface area contributed by atoms with Gasteiger partial charge < -0.3 is 0 Å². The fourth-order valence-corrected chi connectivity index (χ4v) is 3.18. The summed E-state index contributed by atoms with van der Waals surface area (Å²) in [6, 6.07) is 7.66. The Morgan fingerprint density at radius 1 is 1.03 bits per heavy atom. The maximum absolute atomic E-state index is 14.3. The van der Waals surface area contributed by atoms with Gasteiger partial charge in [0.05, 0.1) is 16.6 Å². The minimum Gasteiger partial charge on any atom is -0.289 e. The minimum absolute atomic E-state index is 0.0865. The molecule has 0 fully saturated rings. The van der Waals surface area contributed by atoms with Gasteiger partial charge in [-0.05, 0) is 22.1 Å². The van der Waals surface area contributed by atoms with Crippen LogP contribution in [0.15, 0.2) is 42.6 Å². The van der Waals surface area contributed by atoms with Crippen molar-refractivity contribution in [3.63, 3.8) is 0 Å². The van der Waals surface area contributed by atoms with Gasteiger partial charge in [0.15, 0.2) is 0 Å². The monoisotopic (exact) mass is 467 g/mol. The van der Waals surface area contributed by atoms with Crippen molar-refractivity contribution >= 4 is 22.8 Å². The summed E-state index contributed by atoms with van der Waals surface area (Å²) in [6.45, 7) is 0. The Hall–Kier alpha value is -4.10. The zero-order chi connectivity index (χ0) is 24.0. The lowest BCUT2D eigenvalue weighted by Gasteiger charge is -2.20. The number of amides is 1. The van der Waals surface area contributed by atoms with E-state index in [1.54, 1.807) is 0 Å². The van der Waals surface area contributed by atoms with Crippen molar-refractivity contribution in [3.8, 4) is 11.1 Å². The summed E-state index contributed by atoms with van der Waals surface area (Å²) < 4.78 is 83.5. The number of aryl methyl sites for hydroxylation is 1. The van der Waals surface area contributed by atoms with E-state index in [1.165, 1.54) is 37.4 Å². The van der Waals surface area contributed by atoms with Crippen LogP contribution < -0.4 is 5.32 Å². The number of anilines is 1. The summed E-state index contributed by atoms with van der Waals surface area (Å²) in [5.74, 6) is -3.07. The number of rotatable bonds is 3. The van der Waals surface area contributed by atoms with Gasteiger partial charge in [-0.2, -0.15) is 26.3 Å². The van der Waals surface area contributed by atoms with E-state index in [2.05, 4.69) is 30.8 Å². The molecule has 0 bridgehead atoms. The van der Waals surface area contributed by atoms with Crippen LogP contribution >= 0.6 is 0 Å². The number of carbonyl (C=O) groups is 1. The maximum Gasteiger partial charge on any atom is 0.451 e. The molecular formula is C19H11F6N7O. The number of benzene rings is 2. The second kappa shape index (κ2) is 7.79. The third kappa shape index (κ3) is 4.18. The quantitative estimate of drug-likeness (QED) is 0.456. The number of nitrogens with zero attached hydrogens (tertiary/aromatic N) is 6. The van der Waals surface area contributed by atoms with Crippen molar-refractivity contribution in [3.05, 3.63) is 59.5 Å². The molecule has 0 aliphatic heterocycles. The Bertz CT molecular complexity index is 1350. The number of tetrazole rings is 1. The summed E-state index contributed by atoms with van der Waals surface area (Å²) in [7, 11) is 1.35. The van der Waals surface area contributed by atoms with Crippen molar-refractivity contribution in [2.45, 2.75) is 12.4 Å². The molecule has 14 heteroatoms. The Kier molecular flexibility index (Phi) is 5.22. The number of aromatic nitrogens is 6. The molecule has 0 unspecified atom stereocenters. The van der Waals surface area contributed by atoms with Gasteiger partial charge in [-0.25, -0.2) is 14.6 Å². The largest absolute Gasteiger partial charge is 0.451 e. The van der Waals surface area contributed by atoms with Gasteiger partial charge in [0.1, 0.15) is 0 Å². The van der Waals surface area contributed by atoms with Crippen molar-refractivity contribution in [2.24, 2.45) is 7.05 Å². The standard InChI is InChI=1S/C19H11F6N7O/c1-32-17(29-30-31-32)28-15(33)11-7-10-8-26-16(19(23,24)25)27-14(10)12(13(11)18(20,21)22)9-5-3-2-4-6-9/h2-8H,1H3,(H,28,29,31,33). The van der Waals surface area contributed by atoms with Crippen LogP contribution in [0.25, 0.3) is 22.0 Å². The van der Waals surface area contributed by atoms with Gasteiger partial charge in [-0.3, -0.25) is 10.1 Å². The van der Waals surface area contributed by atoms with Gasteiger partial charge in [-0.15, -0.1) is 0 Å². The van der Waals surface area contributed by atoms with Crippen LogP contribution in [0.4, 0.5) is 32.3 Å². The highest BCUT2D eigenvalue weighted by Gasteiger charge is 2.41. The van der Waals surface area contributed by atoms with Crippen LogP contribution in [-0.4, -0.2) is 36.1 Å². The van der Waals surface area contributed by atoms with E-state index in [0.29, 0.717) is 0 Å². The van der Waals surface area contributed by atoms with E-state index >= 15 is 0 Å². The number of alkyl halides is 6. The molecule has 0 aliphatic rings. The van der Waals surface area contributed by atoms with E-state index < -0.39 is 46.3 Å². The molecule has 4 rings (SSSR count). The lowest BCUT2D eigenvalue weighted by atomic mass is 9.91. The summed E-state index contributed by atoms with van der Waals surface area (Å²) in [4.78, 5) is 19.4. The first-order valence-corrected chi connectivity index (χ1v) is 9.04. The van der Waals surface area contributed by atoms with Crippen LogP contribution in [0.2, 0.25) is 0 Å². The van der Waals surface area contributed by atoms with Crippen LogP contribution in [-0.2, 0) is 19.4 Å². The van der Waals surface area contributed by atoms with Gasteiger partial charge >= 0.3 is 12.4 Å². The summed E-state index contributed by atoms with van der Waals surface area (Å²) in [5.41, 5.74) is -3.69. The number of carbonyl (C=O) groups excluding carboxylic acids is 1. The maximum atomic E-state index is 14.3. The number of hydrogen-bond acceptors (Lipinski definition) is 6. The molecule has 4 aromatic rings. The molecule has 8 nitrogen and oxygen atoms in total. The Balaban J connectivity index is 2.06. The number of fused-ring (bicyclic) bond motifs is 1. The predicted octanol–water partition coefficient (Wildman–Crippen LogP) is 4.11. The second-order valence-electron chi connectivity index (χ2n) is 6.75. The van der Waals surface area contributed by atoms with Crippen LogP contribution in [0.3, 0.4) is 0 Å². The molecule has 0 atom stereocenters. The van der Waals surface area contributed by atoms with E-state index in [0.717, 1.165) is 16.9 Å². The summed E-state index contributed by atoms with van der Waals surface area (Å²) >= 11 is 0. The molecule has 0 saturated heterocycles. The van der Waals surface area contributed by atoms with E-state index in [9.17, 15) is 31.1 Å². The predicted molar refractivity (Wildman–Crippen MR) is 102 cm³/mol. The third-order valence-corrected chi connectivity index (χ3v) is 4.56. The van der Waals surface area contributed by atoms with Crippen LogP contribution in [0.5, 0.6) is 0 Å². The molecule has 2 aromatic heterocycles. The molecule has 1 amide bonds. The third-order valence-electron chi connectivity index (χ3n) is 4.56. The Labute approximate surface area is 180 Å². The summed E-state index contributed by atoms with van der Waals surface area (Å²) in [5, 5.41) is 12.2. The first kappa shape index (κ1) is 22.1. The van der Waals surface area contributed by atoms with Crippen molar-refractivity contribution in [1.29, 1.82) is 0 Å². The lowest BCUT2D eigenvalue weighted by Crippen LogP contribution is -2.22. The molecule has 0 saturated carbocycles. The van der Waals surface area contributed by atoms with Gasteiger partial charge in [0, 0.05) is 24.2 Å². The first-order valence-electron chi connectivity index (χ1n) is 9.04. The lowest BCUT2D eigenvalue weighted by molar-refractivity contribution is -0.144. The topological polar surface area (TPSA) is 98.5 Å². The normalized spacial score (nSPS) is 12.2. The molecule has 0 radical (unpaired) electrons. The SMILES string of the molecule is Cn1nnnc1NC(=O)c1cc2cnc(C(F)(F)F)nc2c(-c2ccccc2)c1C(F)(F)F. The molecular weight excluding hydrogens is 456 g/mol. The average Bonchev–Trinajstić information content (AvgIpc) is 3.15. The molecule has 2 heterocycles. The van der Waals surface area contributed by atoms with Crippen LogP contribution in [0, 0.1) is 0 Å². The zero-order valence-corrected chi connectivity index (χ0v) is 16.4. The van der Waals surface area contributed by atoms with Gasteiger partial charge in [0.2, 0.25) is 11.8 Å². The molecule has 0 spiro atoms. The van der Waals surface area contributed by atoms with Crippen molar-refractivity contribution in [1.82, 2.24) is 30.2 Å². The smallest absolute Gasteiger partial charge is 0.289 e. The van der Waals surface area contributed by atoms with E-state index in [1.807, 2.05) is 0 Å². The van der Waals surface area contributed by atoms with E-state index in [4.69, 9.17) is 0 Å². The number of hydrogen-bond donors (Lipinski definition) is 1. The fraction of sp³-hybridized carbons (Fsp3) is 0.158. The van der Waals surface area contributed by atoms with E-state index in [-0.39, 0.29) is 16.9 Å². The first-order chi connectivity index (χ1) is 15.5. The fourth-order valence-electron chi connectivity index (χ4n) is 3.18. The second-order valence-corrected chi connectivity index (χ2v) is 6.75. The molecule has 170 valence electrons. The zero-order valence-electron chi connectivity index (χ0n) is 16.4. The van der Waals surface area contributed by atoms with Gasteiger partial charge in [-0.1, -0.05) is 35.4 Å². The average molecular weight is 467 g/mol. The Morgan fingerprint density at radius 3 is 2.30 bits per heavy atom.